The molecule has 1 rings (SSSR count). The van der Waals surface area contributed by atoms with E-state index in [1.54, 1.807) is 0 Å². The second-order valence-electron chi connectivity index (χ2n) is 4.83. The van der Waals surface area contributed by atoms with Gasteiger partial charge in [0, 0.05) is 13.1 Å². The van der Waals surface area contributed by atoms with Gasteiger partial charge in [0.05, 0.1) is 0 Å². The predicted molar refractivity (Wildman–Crippen MR) is 65.9 cm³/mol. The van der Waals surface area contributed by atoms with E-state index in [-0.39, 0.29) is 11.7 Å². The zero-order valence-corrected chi connectivity index (χ0v) is 10.6. The Morgan fingerprint density at radius 1 is 1.47 bits per heavy atom. The van der Waals surface area contributed by atoms with Gasteiger partial charge in [-0.3, -0.25) is 4.79 Å². The number of hydrogen-bond acceptors (Lipinski definition) is 4. The van der Waals surface area contributed by atoms with Crippen molar-refractivity contribution in [1.82, 2.24) is 10.2 Å². The van der Waals surface area contributed by atoms with E-state index in [9.17, 15) is 4.79 Å². The minimum atomic E-state index is -0.791. The van der Waals surface area contributed by atoms with Crippen molar-refractivity contribution < 1.29 is 10.0 Å². The third-order valence-corrected chi connectivity index (χ3v) is 3.33. The van der Waals surface area contributed by atoms with E-state index in [4.69, 9.17) is 10.9 Å². The van der Waals surface area contributed by atoms with Gasteiger partial charge in [-0.25, -0.2) is 0 Å². The summed E-state index contributed by atoms with van der Waals surface area (Å²) in [5.74, 6) is -0.0792. The van der Waals surface area contributed by atoms with Gasteiger partial charge in [-0.05, 0) is 26.9 Å². The van der Waals surface area contributed by atoms with Crippen molar-refractivity contribution >= 4 is 11.7 Å². The topological polar surface area (TPSA) is 91.0 Å². The Balaban J connectivity index is 2.62. The number of rotatable bonds is 5. The summed E-state index contributed by atoms with van der Waals surface area (Å²) in [5, 5.41) is 14.7. The average Bonchev–Trinajstić information content (AvgIpc) is 2.77. The van der Waals surface area contributed by atoms with Gasteiger partial charge in [-0.2, -0.15) is 0 Å². The van der Waals surface area contributed by atoms with E-state index in [1.807, 2.05) is 19.0 Å². The fourth-order valence-electron chi connectivity index (χ4n) is 2.24. The molecule has 0 radical (unpaired) electrons. The zero-order chi connectivity index (χ0) is 12.9. The predicted octanol–water partition coefficient (Wildman–Crippen LogP) is -0.0290. The highest BCUT2D eigenvalue weighted by Crippen LogP contribution is 2.38. The molecule has 1 aliphatic carbocycles. The Hall–Kier alpha value is -1.30. The highest BCUT2D eigenvalue weighted by atomic mass is 16.4. The molecule has 1 saturated carbocycles. The van der Waals surface area contributed by atoms with Gasteiger partial charge >= 0.3 is 0 Å². The monoisotopic (exact) mass is 242 g/mol. The van der Waals surface area contributed by atoms with Crippen LogP contribution in [0.2, 0.25) is 0 Å². The molecule has 6 heteroatoms. The molecule has 6 nitrogen and oxygen atoms in total. The van der Waals surface area contributed by atoms with Crippen LogP contribution in [0.15, 0.2) is 5.16 Å². The van der Waals surface area contributed by atoms with Crippen molar-refractivity contribution in [2.24, 2.45) is 16.3 Å². The summed E-state index contributed by atoms with van der Waals surface area (Å²) < 4.78 is 0. The van der Waals surface area contributed by atoms with Gasteiger partial charge in [0.2, 0.25) is 5.91 Å². The van der Waals surface area contributed by atoms with E-state index in [0.717, 1.165) is 19.4 Å². The van der Waals surface area contributed by atoms with Gasteiger partial charge in [0.15, 0.2) is 5.84 Å². The van der Waals surface area contributed by atoms with Crippen LogP contribution in [-0.4, -0.2) is 49.0 Å². The van der Waals surface area contributed by atoms with Gasteiger partial charge < -0.3 is 21.2 Å². The molecule has 0 unspecified atom stereocenters. The molecule has 0 aromatic carbocycles. The first-order valence-corrected chi connectivity index (χ1v) is 5.94. The Morgan fingerprint density at radius 3 is 2.53 bits per heavy atom. The lowest BCUT2D eigenvalue weighted by Crippen LogP contribution is -2.49. The maximum Gasteiger partial charge on any atom is 0.233 e. The number of oxime groups is 1. The lowest BCUT2D eigenvalue weighted by atomic mass is 9.84. The van der Waals surface area contributed by atoms with Crippen molar-refractivity contribution in [3.63, 3.8) is 0 Å². The summed E-state index contributed by atoms with van der Waals surface area (Å²) in [6, 6.07) is 0. The molecule has 4 N–H and O–H groups in total. The van der Waals surface area contributed by atoms with Crippen LogP contribution in [0.4, 0.5) is 0 Å². The second-order valence-corrected chi connectivity index (χ2v) is 4.83. The molecule has 0 aromatic heterocycles. The molecule has 17 heavy (non-hydrogen) atoms. The molecule has 1 aliphatic rings. The Kier molecular flexibility index (Phi) is 4.74. The van der Waals surface area contributed by atoms with Crippen molar-refractivity contribution in [2.75, 3.05) is 27.2 Å². The summed E-state index contributed by atoms with van der Waals surface area (Å²) >= 11 is 0. The van der Waals surface area contributed by atoms with E-state index < -0.39 is 5.41 Å². The SMILES string of the molecule is CN(C)CCNC(=O)C1(C(N)=NO)CCCC1. The lowest BCUT2D eigenvalue weighted by Gasteiger charge is -2.26. The normalized spacial score (nSPS) is 19.6. The zero-order valence-electron chi connectivity index (χ0n) is 10.6. The largest absolute Gasteiger partial charge is 0.409 e. The van der Waals surface area contributed by atoms with E-state index in [1.165, 1.54) is 0 Å². The highest BCUT2D eigenvalue weighted by molar-refractivity contribution is 6.07. The molecule has 0 aliphatic heterocycles. The van der Waals surface area contributed by atoms with Gasteiger partial charge in [0.25, 0.3) is 0 Å². The molecular formula is C11H22N4O2. The lowest BCUT2D eigenvalue weighted by molar-refractivity contribution is -0.127. The van der Waals surface area contributed by atoms with E-state index in [2.05, 4.69) is 10.5 Å². The average molecular weight is 242 g/mol. The standard InChI is InChI=1S/C11H22N4O2/c1-15(2)8-7-13-10(16)11(9(12)14-17)5-3-4-6-11/h17H,3-8H2,1-2H3,(H2,12,14)(H,13,16). The first-order valence-electron chi connectivity index (χ1n) is 5.94. The number of carbonyl (C=O) groups is 1. The quantitative estimate of drug-likeness (QED) is 0.273. The summed E-state index contributed by atoms with van der Waals surface area (Å²) in [7, 11) is 3.89. The number of likely N-dealkylation sites (N-methyl/N-ethyl adjacent to an activating group) is 1. The summed E-state index contributed by atoms with van der Waals surface area (Å²) in [6.07, 6.45) is 3.21. The van der Waals surface area contributed by atoms with Crippen LogP contribution in [0.3, 0.4) is 0 Å². The number of amidine groups is 1. The maximum atomic E-state index is 12.1. The Labute approximate surface area is 102 Å². The van der Waals surface area contributed by atoms with Crippen LogP contribution < -0.4 is 11.1 Å². The summed E-state index contributed by atoms with van der Waals surface area (Å²) in [4.78, 5) is 14.1. The van der Waals surface area contributed by atoms with Crippen LogP contribution in [0.5, 0.6) is 0 Å². The first kappa shape index (κ1) is 13.8. The van der Waals surface area contributed by atoms with Crippen molar-refractivity contribution in [3.05, 3.63) is 0 Å². The molecule has 0 saturated heterocycles. The van der Waals surface area contributed by atoms with E-state index >= 15 is 0 Å². The maximum absolute atomic E-state index is 12.1. The van der Waals surface area contributed by atoms with Crippen molar-refractivity contribution in [2.45, 2.75) is 25.7 Å². The first-order chi connectivity index (χ1) is 8.03. The summed E-state index contributed by atoms with van der Waals surface area (Å²) in [6.45, 7) is 1.35. The molecule has 0 aromatic rings. The Bertz CT molecular complexity index is 296. The highest BCUT2D eigenvalue weighted by Gasteiger charge is 2.45. The van der Waals surface area contributed by atoms with Gasteiger partial charge in [0.1, 0.15) is 5.41 Å². The molecule has 1 amide bonds. The number of carbonyl (C=O) groups excluding carboxylic acids is 1. The third kappa shape index (κ3) is 3.09. The number of amides is 1. The molecule has 0 heterocycles. The van der Waals surface area contributed by atoms with Crippen LogP contribution >= 0.6 is 0 Å². The number of hydrogen-bond donors (Lipinski definition) is 3. The molecular weight excluding hydrogens is 220 g/mol. The minimum absolute atomic E-state index is 0.0392. The van der Waals surface area contributed by atoms with Crippen molar-refractivity contribution in [1.29, 1.82) is 0 Å². The molecule has 1 fully saturated rings. The number of nitrogens with one attached hydrogen (secondary N) is 1. The van der Waals surface area contributed by atoms with Gasteiger partial charge in [-0.15, -0.1) is 0 Å². The molecule has 0 spiro atoms. The summed E-state index contributed by atoms with van der Waals surface area (Å²) in [5.41, 5.74) is 4.88. The van der Waals surface area contributed by atoms with Crippen LogP contribution in [0, 0.1) is 5.41 Å². The third-order valence-electron chi connectivity index (χ3n) is 3.33. The second kappa shape index (κ2) is 5.86. The smallest absolute Gasteiger partial charge is 0.233 e. The van der Waals surface area contributed by atoms with Crippen LogP contribution in [0.1, 0.15) is 25.7 Å². The van der Waals surface area contributed by atoms with Crippen LogP contribution in [-0.2, 0) is 4.79 Å². The molecule has 0 atom stereocenters. The van der Waals surface area contributed by atoms with Crippen molar-refractivity contribution in [3.8, 4) is 0 Å². The fraction of sp³-hybridized carbons (Fsp3) is 0.818. The number of nitrogens with two attached hydrogens (primary N) is 1. The molecule has 98 valence electrons. The number of nitrogens with zero attached hydrogens (tertiary/aromatic N) is 2. The Morgan fingerprint density at radius 2 is 2.06 bits per heavy atom. The minimum Gasteiger partial charge on any atom is -0.409 e. The fourth-order valence-corrected chi connectivity index (χ4v) is 2.24. The van der Waals surface area contributed by atoms with Gasteiger partial charge in [-0.1, -0.05) is 18.0 Å². The van der Waals surface area contributed by atoms with E-state index in [0.29, 0.717) is 19.4 Å². The van der Waals surface area contributed by atoms with Crippen LogP contribution in [0.25, 0.3) is 0 Å². The molecule has 0 bridgehead atoms.